The van der Waals surface area contributed by atoms with E-state index >= 15 is 0 Å². The zero-order valence-corrected chi connectivity index (χ0v) is 60.3. The number of unbranched alkanes of at least 4 members (excludes halogenated alkanes) is 2. The van der Waals surface area contributed by atoms with E-state index in [-0.39, 0.29) is 125 Å². The molecule has 0 spiro atoms. The summed E-state index contributed by atoms with van der Waals surface area (Å²) < 4.78 is 5.59. The number of nitrogens with two attached hydrogens (primary N) is 1. The second kappa shape index (κ2) is 41.7. The van der Waals surface area contributed by atoms with Gasteiger partial charge in [-0.1, -0.05) is 85.5 Å². The number of ether oxygens (including phenoxy) is 1. The van der Waals surface area contributed by atoms with E-state index in [9.17, 15) is 67.4 Å². The lowest BCUT2D eigenvalue weighted by molar-refractivity contribution is -0.142. The fourth-order valence-corrected chi connectivity index (χ4v) is 15.8. The molecule has 102 heavy (non-hydrogen) atoms. The van der Waals surface area contributed by atoms with Gasteiger partial charge in [0.1, 0.15) is 60.4 Å². The van der Waals surface area contributed by atoms with Gasteiger partial charge >= 0.3 is 6.09 Å². The van der Waals surface area contributed by atoms with Crippen LogP contribution in [0.25, 0.3) is 0 Å². The third kappa shape index (κ3) is 25.5. The van der Waals surface area contributed by atoms with Crippen LogP contribution in [-0.4, -0.2) is 222 Å². The van der Waals surface area contributed by atoms with Gasteiger partial charge < -0.3 is 89.2 Å². The summed E-state index contributed by atoms with van der Waals surface area (Å²) in [5.41, 5.74) is 6.50. The van der Waals surface area contributed by atoms with Crippen molar-refractivity contribution in [1.82, 2.24) is 73.6 Å². The molecule has 13 atom stereocenters. The SMILES string of the molecule is CCCC[C@@H](NC(=O)[C@@H]1CCCN1C(=O)CNC(=O)[C@H](CCCCNC(=O)OCC1[C@H]2CCC#CCC[C@@H]12)NC(=O)[C@@H]1CSSC[C@H](NC(=O)[C@@H]2CCCN2C(=O)[C@H](CCCNC(=N)N)NC(=O)[C@@H]2CCC(=O)N2)C(=O)N[C@@H](CC(C)C)C(=O)N[C@@H](CO)C(=O)N1)C(=O)NCCc1ccccc1. The summed E-state index contributed by atoms with van der Waals surface area (Å²) in [4.78, 5) is 183. The maximum Gasteiger partial charge on any atom is 0.407 e. The van der Waals surface area contributed by atoms with Crippen molar-refractivity contribution in [2.24, 2.45) is 29.4 Å². The second-order valence-corrected chi connectivity index (χ2v) is 29.8. The highest BCUT2D eigenvalue weighted by molar-refractivity contribution is 8.76. The molecule has 562 valence electrons. The van der Waals surface area contributed by atoms with Crippen molar-refractivity contribution >= 4 is 105 Å². The van der Waals surface area contributed by atoms with Crippen molar-refractivity contribution in [3.8, 4) is 11.8 Å². The molecule has 5 fully saturated rings. The van der Waals surface area contributed by atoms with Crippen LogP contribution in [0.2, 0.25) is 0 Å². The number of nitrogens with zero attached hydrogens (tertiary/aromatic N) is 2. The molecule has 13 amide bonds. The maximum absolute atomic E-state index is 14.7. The molecule has 0 aromatic heterocycles. The van der Waals surface area contributed by atoms with E-state index in [1.54, 1.807) is 13.8 Å². The highest BCUT2D eigenvalue weighted by Crippen LogP contribution is 2.52. The van der Waals surface area contributed by atoms with Gasteiger partial charge in [-0.2, -0.15) is 0 Å². The number of alkyl carbamates (subject to hydrolysis) is 1. The molecular weight excluding hydrogens is 1360 g/mol. The van der Waals surface area contributed by atoms with Crippen molar-refractivity contribution in [2.75, 3.05) is 64.0 Å². The molecule has 0 radical (unpaired) electrons. The van der Waals surface area contributed by atoms with Crippen molar-refractivity contribution < 1.29 is 72.2 Å². The third-order valence-electron chi connectivity index (χ3n) is 19.1. The smallest absolute Gasteiger partial charge is 0.407 e. The number of carbonyl (C=O) groups excluding carboxylic acids is 13. The summed E-state index contributed by atoms with van der Waals surface area (Å²) in [6.07, 6.45) is 7.81. The Balaban J connectivity index is 1.04. The molecule has 1 aromatic carbocycles. The predicted molar refractivity (Wildman–Crippen MR) is 380 cm³/mol. The molecular formula is C69H104N16O15S2. The monoisotopic (exact) mass is 1460 g/mol. The van der Waals surface area contributed by atoms with Crippen LogP contribution in [0.15, 0.2) is 30.3 Å². The summed E-state index contributed by atoms with van der Waals surface area (Å²) in [6.45, 7) is 5.23. The van der Waals surface area contributed by atoms with E-state index in [0.29, 0.717) is 63.3 Å². The van der Waals surface area contributed by atoms with Crippen molar-refractivity contribution in [1.29, 1.82) is 5.41 Å². The Morgan fingerprint density at radius 3 is 1.93 bits per heavy atom. The number of benzene rings is 1. The summed E-state index contributed by atoms with van der Waals surface area (Å²) in [6, 6.07) is -2.60. The van der Waals surface area contributed by atoms with Crippen LogP contribution in [-0.2, 0) is 68.7 Å². The van der Waals surface area contributed by atoms with E-state index in [0.717, 1.165) is 59.3 Å². The lowest BCUT2D eigenvalue weighted by Gasteiger charge is -2.31. The highest BCUT2D eigenvalue weighted by atomic mass is 33.1. The normalized spacial score (nSPS) is 24.4. The third-order valence-corrected chi connectivity index (χ3v) is 21.5. The number of amides is 13. The van der Waals surface area contributed by atoms with Gasteiger partial charge in [0.15, 0.2) is 5.96 Å². The number of fused-ring (bicyclic) bond motifs is 1. The van der Waals surface area contributed by atoms with E-state index in [4.69, 9.17) is 15.9 Å². The number of carbonyl (C=O) groups is 13. The molecule has 7 rings (SSSR count). The van der Waals surface area contributed by atoms with Gasteiger partial charge in [0.25, 0.3) is 0 Å². The van der Waals surface area contributed by atoms with Gasteiger partial charge in [-0.3, -0.25) is 62.9 Å². The molecule has 4 heterocycles. The van der Waals surface area contributed by atoms with Crippen molar-refractivity contribution in [3.63, 3.8) is 0 Å². The molecule has 33 heteroatoms. The summed E-state index contributed by atoms with van der Waals surface area (Å²) in [7, 11) is 2.02. The van der Waals surface area contributed by atoms with Gasteiger partial charge in [0.05, 0.1) is 19.8 Å². The number of aliphatic hydroxyl groups is 1. The van der Waals surface area contributed by atoms with Gasteiger partial charge in [0, 0.05) is 63.5 Å². The quantitative estimate of drug-likeness (QED) is 0.0137. The summed E-state index contributed by atoms with van der Waals surface area (Å²) in [5, 5.41) is 50.6. The fraction of sp³-hybridized carbons (Fsp3) is 0.681. The Labute approximate surface area is 603 Å². The molecule has 1 unspecified atom stereocenters. The first-order valence-corrected chi connectivity index (χ1v) is 38.4. The second-order valence-electron chi connectivity index (χ2n) is 27.2. The number of hydrogen-bond donors (Lipinski definition) is 15. The zero-order valence-electron chi connectivity index (χ0n) is 58.6. The van der Waals surface area contributed by atoms with Crippen LogP contribution in [0.3, 0.4) is 0 Å². The van der Waals surface area contributed by atoms with Crippen LogP contribution in [0, 0.1) is 40.9 Å². The first-order chi connectivity index (χ1) is 49.0. The van der Waals surface area contributed by atoms with Crippen LogP contribution in [0.5, 0.6) is 0 Å². The van der Waals surface area contributed by atoms with Crippen LogP contribution < -0.4 is 69.5 Å². The van der Waals surface area contributed by atoms with Gasteiger partial charge in [-0.05, 0) is 126 Å². The Kier molecular flexibility index (Phi) is 33.0. The summed E-state index contributed by atoms with van der Waals surface area (Å²) >= 11 is 0. The largest absolute Gasteiger partial charge is 0.449 e. The number of rotatable bonds is 33. The predicted octanol–water partition coefficient (Wildman–Crippen LogP) is -0.661. The number of nitrogens with one attached hydrogen (secondary N) is 13. The molecule has 1 saturated carbocycles. The van der Waals surface area contributed by atoms with E-state index < -0.39 is 139 Å². The molecule has 4 saturated heterocycles. The van der Waals surface area contributed by atoms with Crippen LogP contribution in [0.1, 0.15) is 148 Å². The highest BCUT2D eigenvalue weighted by Gasteiger charge is 2.49. The lowest BCUT2D eigenvalue weighted by atomic mass is 10.0. The zero-order chi connectivity index (χ0) is 73.7. The molecule has 31 nitrogen and oxygen atoms in total. The first-order valence-electron chi connectivity index (χ1n) is 36.0. The van der Waals surface area contributed by atoms with Crippen molar-refractivity contribution in [2.45, 2.75) is 210 Å². The number of hydrogen-bond acceptors (Lipinski definition) is 18. The first kappa shape index (κ1) is 80.9. The van der Waals surface area contributed by atoms with Crippen LogP contribution in [0.4, 0.5) is 4.79 Å². The van der Waals surface area contributed by atoms with E-state index in [1.165, 1.54) is 9.80 Å². The lowest BCUT2D eigenvalue weighted by Crippen LogP contribution is -2.61. The topological polar surface area (TPSA) is 452 Å². The summed E-state index contributed by atoms with van der Waals surface area (Å²) in [5.74, 6) is -1.51. The Morgan fingerprint density at radius 2 is 1.26 bits per heavy atom. The minimum atomic E-state index is -1.67. The molecule has 4 aliphatic heterocycles. The maximum atomic E-state index is 14.7. The average molecular weight is 1460 g/mol. The minimum absolute atomic E-state index is 0.0338. The molecule has 6 aliphatic rings. The molecule has 1 aromatic rings. The molecule has 16 N–H and O–H groups in total. The van der Waals surface area contributed by atoms with Crippen LogP contribution >= 0.6 is 21.6 Å². The van der Waals surface area contributed by atoms with Gasteiger partial charge in [-0.25, -0.2) is 4.79 Å². The molecule has 2 aliphatic carbocycles. The Bertz CT molecular complexity index is 3160. The van der Waals surface area contributed by atoms with E-state index in [1.807, 2.05) is 37.3 Å². The number of likely N-dealkylation sites (tertiary alicyclic amines) is 2. The Morgan fingerprint density at radius 1 is 0.657 bits per heavy atom. The Hall–Kier alpha value is -8.38. The standard InChI is InChI=1S/C69H104N16O15S2/c1-4-5-22-46(58(89)72-32-29-42-18-9-8-10-19-42)78-65(96)54-25-16-33-84(54)57(88)36-75-59(90)47(23-13-14-30-74-69(99)100-38-45-43-20-11-6-7-12-21-44(43)45)77-63(94)52-39-101-102-40-53(64(95)80-50(35-41(2)3)61(92)81-51(37-86)62(93)82-52)83-66(97)55-26-17-34-85(55)67(98)49(24-15-31-73-68(70)71)79-60(91)48-27-28-56(87)76-48/h8-10,18-19,41,43-55,86H,4-5,11-17,20-40H2,1-3H3,(H,72,89)(H,74,99)(H,75,90)(H,76,87)(H,77,94)(H,78,96)(H,79,91)(H,80,95)(H,81,92)(H,82,93)(H,83,97)(H4,70,71,73)/t43-,44+,45?,46-,47+,48+,49+,50+,51+,52+,53+,54+,55+/m1/s1. The average Bonchev–Trinajstić information content (AvgIpc) is 1.62. The fourth-order valence-electron chi connectivity index (χ4n) is 13.4. The van der Waals surface area contributed by atoms with Gasteiger partial charge in [0.2, 0.25) is 70.9 Å². The molecule has 0 bridgehead atoms. The number of guanidine groups is 1. The van der Waals surface area contributed by atoms with Gasteiger partial charge in [-0.15, -0.1) is 11.8 Å². The van der Waals surface area contributed by atoms with E-state index in [2.05, 4.69) is 75.6 Å². The minimum Gasteiger partial charge on any atom is -0.449 e. The van der Waals surface area contributed by atoms with Crippen molar-refractivity contribution in [3.05, 3.63) is 35.9 Å². The number of aliphatic hydroxyl groups excluding tert-OH is 1.